The molecule has 0 aliphatic carbocycles. The van der Waals surface area contributed by atoms with Crippen molar-refractivity contribution in [3.05, 3.63) is 23.9 Å². The van der Waals surface area contributed by atoms with Crippen LogP contribution in [0.2, 0.25) is 0 Å². The maximum atomic E-state index is 12.2. The highest BCUT2D eigenvalue weighted by atomic mass is 19.1. The molecule has 1 aromatic heterocycles. The number of anilines is 2. The Kier molecular flexibility index (Phi) is 6.21. The molecule has 0 unspecified atom stereocenters. The molecule has 7 nitrogen and oxygen atoms in total. The molecule has 0 aliphatic heterocycles. The number of nitrogens with one attached hydrogen (secondary N) is 1. The van der Waals surface area contributed by atoms with Crippen LogP contribution in [0.1, 0.15) is 25.3 Å². The molecule has 136 valence electrons. The Morgan fingerprint density at radius 1 is 1.12 bits per heavy atom. The van der Waals surface area contributed by atoms with E-state index in [1.807, 2.05) is 19.9 Å². The molecule has 0 radical (unpaired) electrons. The van der Waals surface area contributed by atoms with Crippen molar-refractivity contribution in [3.8, 4) is 23.0 Å². The monoisotopic (exact) mass is 350 g/mol. The standard InChI is InChI=1S/C17H23FN4O3/c1-10(2)11-7-13(23-3)14(24-4)8-12(11)25-15-9-21-17(20-6-5-18)22-16(15)19/h7-10H,5-6H2,1-4H3,(H3,19,20,21,22). The Morgan fingerprint density at radius 2 is 1.80 bits per heavy atom. The lowest BCUT2D eigenvalue weighted by molar-refractivity contribution is 0.350. The molecule has 25 heavy (non-hydrogen) atoms. The number of nitrogens with two attached hydrogens (primary N) is 1. The molecule has 2 rings (SSSR count). The molecule has 1 heterocycles. The van der Waals surface area contributed by atoms with Gasteiger partial charge in [0.05, 0.1) is 20.4 Å². The summed E-state index contributed by atoms with van der Waals surface area (Å²) in [5.41, 5.74) is 6.86. The van der Waals surface area contributed by atoms with Crippen molar-refractivity contribution in [1.29, 1.82) is 0 Å². The fourth-order valence-corrected chi connectivity index (χ4v) is 2.24. The van der Waals surface area contributed by atoms with E-state index in [1.165, 1.54) is 6.20 Å². The van der Waals surface area contributed by atoms with E-state index >= 15 is 0 Å². The van der Waals surface area contributed by atoms with Gasteiger partial charge in [-0.25, -0.2) is 9.37 Å². The lowest BCUT2D eigenvalue weighted by Crippen LogP contribution is -2.08. The maximum Gasteiger partial charge on any atom is 0.224 e. The molecule has 1 aromatic carbocycles. The topological polar surface area (TPSA) is 91.5 Å². The van der Waals surface area contributed by atoms with Gasteiger partial charge in [-0.3, -0.25) is 0 Å². The first-order valence-corrected chi connectivity index (χ1v) is 7.86. The van der Waals surface area contributed by atoms with Gasteiger partial charge >= 0.3 is 0 Å². The number of nitrogens with zero attached hydrogens (tertiary/aromatic N) is 2. The van der Waals surface area contributed by atoms with Gasteiger partial charge in [0.25, 0.3) is 0 Å². The molecule has 3 N–H and O–H groups in total. The summed E-state index contributed by atoms with van der Waals surface area (Å²) in [4.78, 5) is 8.14. The summed E-state index contributed by atoms with van der Waals surface area (Å²) in [6.45, 7) is 3.67. The van der Waals surface area contributed by atoms with E-state index in [0.717, 1.165) is 5.56 Å². The quantitative estimate of drug-likeness (QED) is 0.754. The Balaban J connectivity index is 2.35. The number of methoxy groups -OCH3 is 2. The third-order valence-corrected chi connectivity index (χ3v) is 3.52. The predicted octanol–water partition coefficient (Wildman–Crippen LogP) is 3.37. The van der Waals surface area contributed by atoms with Crippen molar-refractivity contribution >= 4 is 11.8 Å². The van der Waals surface area contributed by atoms with E-state index in [0.29, 0.717) is 23.0 Å². The minimum atomic E-state index is -0.523. The van der Waals surface area contributed by atoms with Gasteiger partial charge < -0.3 is 25.3 Å². The first-order valence-electron chi connectivity index (χ1n) is 7.86. The Morgan fingerprint density at radius 3 is 2.36 bits per heavy atom. The third kappa shape index (κ3) is 4.40. The van der Waals surface area contributed by atoms with E-state index in [-0.39, 0.29) is 24.2 Å². The van der Waals surface area contributed by atoms with Crippen molar-refractivity contribution in [1.82, 2.24) is 9.97 Å². The number of benzene rings is 1. The zero-order valence-corrected chi connectivity index (χ0v) is 14.8. The molecule has 0 spiro atoms. The lowest BCUT2D eigenvalue weighted by atomic mass is 10.0. The van der Waals surface area contributed by atoms with Gasteiger partial charge in [0.2, 0.25) is 5.95 Å². The number of rotatable bonds is 8. The summed E-state index contributed by atoms with van der Waals surface area (Å²) in [6.07, 6.45) is 1.45. The number of hydrogen-bond acceptors (Lipinski definition) is 7. The molecule has 0 amide bonds. The SMILES string of the molecule is COc1cc(Oc2cnc(NCCF)nc2N)c(C(C)C)cc1OC. The van der Waals surface area contributed by atoms with Gasteiger partial charge in [0, 0.05) is 18.2 Å². The van der Waals surface area contributed by atoms with Gasteiger partial charge in [0.15, 0.2) is 23.1 Å². The van der Waals surface area contributed by atoms with Crippen molar-refractivity contribution in [2.45, 2.75) is 19.8 Å². The molecule has 0 fully saturated rings. The number of alkyl halides is 1. The highest BCUT2D eigenvalue weighted by Crippen LogP contribution is 2.40. The maximum absolute atomic E-state index is 12.2. The average Bonchev–Trinajstić information content (AvgIpc) is 2.61. The number of nitrogen functional groups attached to an aromatic ring is 1. The minimum absolute atomic E-state index is 0.118. The first-order chi connectivity index (χ1) is 12.0. The van der Waals surface area contributed by atoms with Crippen LogP contribution in [0.5, 0.6) is 23.0 Å². The van der Waals surface area contributed by atoms with Gasteiger partial charge in [-0.05, 0) is 12.0 Å². The molecule has 0 aliphatic rings. The first kappa shape index (κ1) is 18.6. The molecular weight excluding hydrogens is 327 g/mol. The fraction of sp³-hybridized carbons (Fsp3) is 0.412. The number of ether oxygens (including phenoxy) is 3. The van der Waals surface area contributed by atoms with Crippen LogP contribution in [0.25, 0.3) is 0 Å². The van der Waals surface area contributed by atoms with Crippen LogP contribution in [-0.2, 0) is 0 Å². The zero-order valence-electron chi connectivity index (χ0n) is 14.8. The Bertz CT molecular complexity index is 725. The van der Waals surface area contributed by atoms with Gasteiger partial charge in [-0.2, -0.15) is 4.98 Å². The fourth-order valence-electron chi connectivity index (χ4n) is 2.24. The molecule has 0 atom stereocenters. The summed E-state index contributed by atoms with van der Waals surface area (Å²) in [5.74, 6) is 2.63. The molecular formula is C17H23FN4O3. The normalized spacial score (nSPS) is 10.6. The van der Waals surface area contributed by atoms with Crippen LogP contribution in [-0.4, -0.2) is 37.4 Å². The van der Waals surface area contributed by atoms with Crippen LogP contribution in [0.15, 0.2) is 18.3 Å². The van der Waals surface area contributed by atoms with E-state index in [2.05, 4.69) is 15.3 Å². The number of halogens is 1. The van der Waals surface area contributed by atoms with Gasteiger partial charge in [-0.15, -0.1) is 0 Å². The Hall–Kier alpha value is -2.77. The average molecular weight is 350 g/mol. The minimum Gasteiger partial charge on any atom is -0.493 e. The number of aromatic nitrogens is 2. The second-order valence-corrected chi connectivity index (χ2v) is 5.56. The van der Waals surface area contributed by atoms with Crippen molar-refractivity contribution in [3.63, 3.8) is 0 Å². The lowest BCUT2D eigenvalue weighted by Gasteiger charge is -2.18. The number of hydrogen-bond donors (Lipinski definition) is 2. The summed E-state index contributed by atoms with van der Waals surface area (Å²) >= 11 is 0. The highest BCUT2D eigenvalue weighted by Gasteiger charge is 2.17. The van der Waals surface area contributed by atoms with Crippen LogP contribution in [0.4, 0.5) is 16.2 Å². The van der Waals surface area contributed by atoms with Crippen molar-refractivity contribution in [2.75, 3.05) is 38.5 Å². The van der Waals surface area contributed by atoms with Crippen LogP contribution < -0.4 is 25.3 Å². The van der Waals surface area contributed by atoms with Gasteiger partial charge in [-0.1, -0.05) is 13.8 Å². The zero-order chi connectivity index (χ0) is 18.4. The molecule has 0 bridgehead atoms. The second kappa shape index (κ2) is 8.36. The summed E-state index contributed by atoms with van der Waals surface area (Å²) in [5, 5.41) is 2.72. The largest absolute Gasteiger partial charge is 0.493 e. The van der Waals surface area contributed by atoms with Crippen LogP contribution >= 0.6 is 0 Å². The smallest absolute Gasteiger partial charge is 0.224 e. The summed E-state index contributed by atoms with van der Waals surface area (Å²) in [6, 6.07) is 3.61. The predicted molar refractivity (Wildman–Crippen MR) is 94.6 cm³/mol. The van der Waals surface area contributed by atoms with Crippen molar-refractivity contribution in [2.24, 2.45) is 0 Å². The van der Waals surface area contributed by atoms with E-state index in [9.17, 15) is 4.39 Å². The third-order valence-electron chi connectivity index (χ3n) is 3.52. The molecule has 0 saturated carbocycles. The highest BCUT2D eigenvalue weighted by molar-refractivity contribution is 5.55. The summed E-state index contributed by atoms with van der Waals surface area (Å²) < 4.78 is 28.8. The van der Waals surface area contributed by atoms with E-state index < -0.39 is 6.67 Å². The second-order valence-electron chi connectivity index (χ2n) is 5.56. The van der Waals surface area contributed by atoms with Crippen LogP contribution in [0.3, 0.4) is 0 Å². The molecule has 2 aromatic rings. The van der Waals surface area contributed by atoms with E-state index in [4.69, 9.17) is 19.9 Å². The molecule has 0 saturated heterocycles. The summed E-state index contributed by atoms with van der Waals surface area (Å²) in [7, 11) is 3.14. The van der Waals surface area contributed by atoms with E-state index in [1.54, 1.807) is 20.3 Å². The van der Waals surface area contributed by atoms with Crippen molar-refractivity contribution < 1.29 is 18.6 Å². The van der Waals surface area contributed by atoms with Gasteiger partial charge in [0.1, 0.15) is 12.4 Å². The Labute approximate surface area is 146 Å². The molecule has 8 heteroatoms. The van der Waals surface area contributed by atoms with Crippen LogP contribution in [0, 0.1) is 0 Å².